The molecular weight excluding hydrogens is 266 g/mol. The van der Waals surface area contributed by atoms with Crippen LogP contribution in [0.15, 0.2) is 22.7 Å². The average molecular weight is 276 g/mol. The van der Waals surface area contributed by atoms with Gasteiger partial charge in [-0.25, -0.2) is 0 Å². The van der Waals surface area contributed by atoms with E-state index in [2.05, 4.69) is 15.9 Å². The van der Waals surface area contributed by atoms with E-state index in [-0.39, 0.29) is 18.0 Å². The zero-order valence-corrected chi connectivity index (χ0v) is 9.60. The van der Waals surface area contributed by atoms with Crippen molar-refractivity contribution in [2.45, 2.75) is 13.0 Å². The fourth-order valence-corrected chi connectivity index (χ4v) is 1.46. The van der Waals surface area contributed by atoms with Crippen molar-refractivity contribution in [2.75, 3.05) is 6.61 Å². The molecule has 1 N–H and O–H groups in total. The summed E-state index contributed by atoms with van der Waals surface area (Å²) >= 11 is 3.15. The summed E-state index contributed by atoms with van der Waals surface area (Å²) in [6.07, 6.45) is -0.670. The Bertz CT molecular complexity index is 367. The van der Waals surface area contributed by atoms with E-state index in [0.717, 1.165) is 0 Å². The molecule has 6 heteroatoms. The molecule has 0 bridgehead atoms. The third-order valence-electron chi connectivity index (χ3n) is 1.61. The van der Waals surface area contributed by atoms with Crippen molar-refractivity contribution in [1.29, 1.82) is 0 Å². The molecule has 0 aliphatic rings. The minimum Gasteiger partial charge on any atom is -0.483 e. The van der Waals surface area contributed by atoms with Crippen LogP contribution in [0.5, 0.6) is 5.75 Å². The Morgan fingerprint density at radius 3 is 2.87 bits per heavy atom. The Kier molecular flexibility index (Phi) is 4.05. The van der Waals surface area contributed by atoms with Crippen molar-refractivity contribution in [3.8, 4) is 5.75 Å². The molecule has 5 nitrogen and oxygen atoms in total. The number of aliphatic hydroxyl groups excluding tert-OH is 1. The molecule has 0 fully saturated rings. The molecule has 0 unspecified atom stereocenters. The molecule has 0 saturated carbocycles. The van der Waals surface area contributed by atoms with E-state index < -0.39 is 11.0 Å². The first-order chi connectivity index (χ1) is 7.02. The number of para-hydroxylation sites is 1. The fraction of sp³-hybridized carbons (Fsp3) is 0.333. The third-order valence-corrected chi connectivity index (χ3v) is 2.24. The van der Waals surface area contributed by atoms with Crippen LogP contribution in [0.25, 0.3) is 0 Å². The normalized spacial score (nSPS) is 12.2. The van der Waals surface area contributed by atoms with Crippen molar-refractivity contribution >= 4 is 21.6 Å². The van der Waals surface area contributed by atoms with Gasteiger partial charge in [0.2, 0.25) is 5.75 Å². The molecule has 0 spiro atoms. The summed E-state index contributed by atoms with van der Waals surface area (Å²) in [6.45, 7) is 1.56. The molecule has 82 valence electrons. The fourth-order valence-electron chi connectivity index (χ4n) is 0.988. The first-order valence-electron chi connectivity index (χ1n) is 4.26. The van der Waals surface area contributed by atoms with Gasteiger partial charge in [-0.05, 0) is 28.9 Å². The van der Waals surface area contributed by atoms with Gasteiger partial charge in [0.15, 0.2) is 0 Å². The highest BCUT2D eigenvalue weighted by molar-refractivity contribution is 9.10. The van der Waals surface area contributed by atoms with E-state index in [4.69, 9.17) is 9.84 Å². The largest absolute Gasteiger partial charge is 0.483 e. The number of nitro benzene ring substituents is 1. The molecule has 0 heterocycles. The van der Waals surface area contributed by atoms with E-state index in [0.29, 0.717) is 4.47 Å². The van der Waals surface area contributed by atoms with Gasteiger partial charge in [0.05, 0.1) is 15.5 Å². The predicted octanol–water partition coefficient (Wildman–Crippen LogP) is 2.12. The van der Waals surface area contributed by atoms with Crippen molar-refractivity contribution in [3.05, 3.63) is 32.8 Å². The zero-order chi connectivity index (χ0) is 11.4. The first kappa shape index (κ1) is 11.9. The number of nitrogens with zero attached hydrogens (tertiary/aromatic N) is 1. The number of halogens is 1. The highest BCUT2D eigenvalue weighted by atomic mass is 79.9. The summed E-state index contributed by atoms with van der Waals surface area (Å²) in [4.78, 5) is 10.1. The van der Waals surface area contributed by atoms with Gasteiger partial charge in [0, 0.05) is 6.07 Å². The lowest BCUT2D eigenvalue weighted by Gasteiger charge is -2.09. The van der Waals surface area contributed by atoms with Gasteiger partial charge in [0.1, 0.15) is 6.61 Å². The van der Waals surface area contributed by atoms with Gasteiger partial charge >= 0.3 is 5.69 Å². The summed E-state index contributed by atoms with van der Waals surface area (Å²) in [6, 6.07) is 4.55. The Balaban J connectivity index is 2.97. The number of ether oxygens (including phenoxy) is 1. The van der Waals surface area contributed by atoms with Gasteiger partial charge in [-0.3, -0.25) is 10.1 Å². The highest BCUT2D eigenvalue weighted by Crippen LogP contribution is 2.34. The number of nitro groups is 1. The Labute approximate surface area is 95.0 Å². The number of hydrogen-bond acceptors (Lipinski definition) is 4. The molecule has 15 heavy (non-hydrogen) atoms. The first-order valence-corrected chi connectivity index (χ1v) is 5.05. The predicted molar refractivity (Wildman–Crippen MR) is 58.0 cm³/mol. The SMILES string of the molecule is C[C@@H](O)COc1c(Br)cccc1[N+](=O)[O-]. The van der Waals surface area contributed by atoms with Crippen LogP contribution < -0.4 is 4.74 Å². The maximum Gasteiger partial charge on any atom is 0.312 e. The van der Waals surface area contributed by atoms with E-state index in [1.165, 1.54) is 6.07 Å². The third kappa shape index (κ3) is 3.17. The minimum absolute atomic E-state index is 0.0173. The van der Waals surface area contributed by atoms with Gasteiger partial charge in [0.25, 0.3) is 0 Å². The monoisotopic (exact) mass is 275 g/mol. The molecule has 1 rings (SSSR count). The van der Waals surface area contributed by atoms with Crippen LogP contribution in [0.3, 0.4) is 0 Å². The summed E-state index contributed by atoms with van der Waals surface area (Å²) in [5, 5.41) is 19.7. The summed E-state index contributed by atoms with van der Waals surface area (Å²) < 4.78 is 5.65. The van der Waals surface area contributed by atoms with Gasteiger partial charge in [-0.2, -0.15) is 0 Å². The standard InChI is InChI=1S/C9H10BrNO4/c1-6(12)5-15-9-7(10)3-2-4-8(9)11(13)14/h2-4,6,12H,5H2,1H3/t6-/m1/s1. The van der Waals surface area contributed by atoms with Gasteiger partial charge < -0.3 is 9.84 Å². The van der Waals surface area contributed by atoms with Crippen LogP contribution >= 0.6 is 15.9 Å². The van der Waals surface area contributed by atoms with Crippen molar-refractivity contribution in [2.24, 2.45) is 0 Å². The van der Waals surface area contributed by atoms with Crippen LogP contribution in [0.2, 0.25) is 0 Å². The van der Waals surface area contributed by atoms with Crippen LogP contribution in [0.4, 0.5) is 5.69 Å². The quantitative estimate of drug-likeness (QED) is 0.675. The smallest absolute Gasteiger partial charge is 0.312 e. The van der Waals surface area contributed by atoms with Crippen LogP contribution in [0, 0.1) is 10.1 Å². The van der Waals surface area contributed by atoms with Crippen molar-refractivity contribution in [3.63, 3.8) is 0 Å². The lowest BCUT2D eigenvalue weighted by atomic mass is 10.3. The summed E-state index contributed by atoms with van der Waals surface area (Å²) in [7, 11) is 0. The molecule has 1 aromatic rings. The van der Waals surface area contributed by atoms with Gasteiger partial charge in [-0.1, -0.05) is 6.07 Å². The number of rotatable bonds is 4. The Hall–Kier alpha value is -1.14. The number of hydrogen-bond donors (Lipinski definition) is 1. The molecule has 0 radical (unpaired) electrons. The lowest BCUT2D eigenvalue weighted by Crippen LogP contribution is -2.13. The molecule has 0 amide bonds. The number of benzene rings is 1. The second-order valence-corrected chi connectivity index (χ2v) is 3.86. The zero-order valence-electron chi connectivity index (χ0n) is 8.01. The molecule has 1 atom stereocenters. The maximum atomic E-state index is 10.7. The minimum atomic E-state index is -0.670. The summed E-state index contributed by atoms with van der Waals surface area (Å²) in [5.41, 5.74) is -0.120. The lowest BCUT2D eigenvalue weighted by molar-refractivity contribution is -0.386. The van der Waals surface area contributed by atoms with Crippen LogP contribution in [-0.2, 0) is 0 Å². The van der Waals surface area contributed by atoms with Crippen LogP contribution in [0.1, 0.15) is 6.92 Å². The van der Waals surface area contributed by atoms with Crippen molar-refractivity contribution < 1.29 is 14.8 Å². The highest BCUT2D eigenvalue weighted by Gasteiger charge is 2.18. The second-order valence-electron chi connectivity index (χ2n) is 3.01. The van der Waals surface area contributed by atoms with E-state index in [1.54, 1.807) is 19.1 Å². The molecule has 0 aliphatic carbocycles. The number of aliphatic hydroxyl groups is 1. The van der Waals surface area contributed by atoms with Crippen molar-refractivity contribution in [1.82, 2.24) is 0 Å². The topological polar surface area (TPSA) is 72.6 Å². The second kappa shape index (κ2) is 5.09. The van der Waals surface area contributed by atoms with E-state index in [1.807, 2.05) is 0 Å². The van der Waals surface area contributed by atoms with Gasteiger partial charge in [-0.15, -0.1) is 0 Å². The molecule has 0 aromatic heterocycles. The molecule has 1 aromatic carbocycles. The van der Waals surface area contributed by atoms with E-state index >= 15 is 0 Å². The Morgan fingerprint density at radius 1 is 1.67 bits per heavy atom. The average Bonchev–Trinajstić information content (AvgIpc) is 2.15. The molecule has 0 aliphatic heterocycles. The molecular formula is C9H10BrNO4. The Morgan fingerprint density at radius 2 is 2.33 bits per heavy atom. The summed E-state index contributed by atoms with van der Waals surface area (Å²) in [5.74, 6) is 0.142. The van der Waals surface area contributed by atoms with Crippen LogP contribution in [-0.4, -0.2) is 22.7 Å². The maximum absolute atomic E-state index is 10.7. The molecule has 0 saturated heterocycles. The van der Waals surface area contributed by atoms with E-state index in [9.17, 15) is 10.1 Å².